The van der Waals surface area contributed by atoms with E-state index in [0.29, 0.717) is 24.1 Å². The van der Waals surface area contributed by atoms with E-state index < -0.39 is 0 Å². The number of nitrogens with one attached hydrogen (secondary N) is 1. The van der Waals surface area contributed by atoms with Gasteiger partial charge in [0, 0.05) is 13.1 Å². The van der Waals surface area contributed by atoms with Gasteiger partial charge in [-0.1, -0.05) is 11.6 Å². The first-order chi connectivity index (χ1) is 6.83. The molecule has 14 heavy (non-hydrogen) atoms. The molecule has 0 aromatic carbocycles. The van der Waals surface area contributed by atoms with Crippen molar-refractivity contribution in [1.82, 2.24) is 10.3 Å². The van der Waals surface area contributed by atoms with E-state index in [-0.39, 0.29) is 6.61 Å². The molecule has 0 unspecified atom stereocenters. The molecule has 0 fully saturated rings. The van der Waals surface area contributed by atoms with Crippen LogP contribution in [0.1, 0.15) is 5.01 Å². The molecule has 1 aromatic heterocycles. The third kappa shape index (κ3) is 4.88. The van der Waals surface area contributed by atoms with Crippen molar-refractivity contribution in [2.75, 3.05) is 26.4 Å². The highest BCUT2D eigenvalue weighted by molar-refractivity contribution is 7.15. The van der Waals surface area contributed by atoms with Gasteiger partial charge in [0.1, 0.15) is 9.34 Å². The smallest absolute Gasteiger partial charge is 0.113 e. The summed E-state index contributed by atoms with van der Waals surface area (Å²) in [5.41, 5.74) is 0. The molecule has 4 nitrogen and oxygen atoms in total. The second-order valence-electron chi connectivity index (χ2n) is 2.57. The van der Waals surface area contributed by atoms with Gasteiger partial charge >= 0.3 is 0 Å². The average molecular weight is 237 g/mol. The van der Waals surface area contributed by atoms with Crippen LogP contribution in [0.2, 0.25) is 4.34 Å². The van der Waals surface area contributed by atoms with Crippen LogP contribution >= 0.6 is 22.9 Å². The number of aliphatic hydroxyl groups is 1. The van der Waals surface area contributed by atoms with E-state index in [4.69, 9.17) is 21.4 Å². The summed E-state index contributed by atoms with van der Waals surface area (Å²) in [5, 5.41) is 12.6. The number of aliphatic hydroxyl groups excluding tert-OH is 1. The van der Waals surface area contributed by atoms with Crippen molar-refractivity contribution in [2.24, 2.45) is 0 Å². The summed E-state index contributed by atoms with van der Waals surface area (Å²) in [5.74, 6) is 0. The van der Waals surface area contributed by atoms with Crippen molar-refractivity contribution in [1.29, 1.82) is 0 Å². The van der Waals surface area contributed by atoms with Gasteiger partial charge in [-0.15, -0.1) is 11.3 Å². The second-order valence-corrected chi connectivity index (χ2v) is 4.32. The fourth-order valence-electron chi connectivity index (χ4n) is 0.876. The van der Waals surface area contributed by atoms with E-state index in [1.807, 2.05) is 0 Å². The van der Waals surface area contributed by atoms with Crippen LogP contribution in [0.25, 0.3) is 0 Å². The number of nitrogens with zero attached hydrogens (tertiary/aromatic N) is 1. The van der Waals surface area contributed by atoms with Gasteiger partial charge in [0.15, 0.2) is 0 Å². The standard InChI is InChI=1S/C8H13ClN2O2S/c9-7-5-11-8(14-7)6-10-1-3-13-4-2-12/h5,10,12H,1-4,6H2. The first-order valence-electron chi connectivity index (χ1n) is 4.32. The Balaban J connectivity index is 1.99. The van der Waals surface area contributed by atoms with E-state index in [0.717, 1.165) is 11.6 Å². The van der Waals surface area contributed by atoms with Crippen LogP contribution in [-0.4, -0.2) is 36.5 Å². The van der Waals surface area contributed by atoms with Crippen LogP contribution in [-0.2, 0) is 11.3 Å². The van der Waals surface area contributed by atoms with Crippen molar-refractivity contribution in [2.45, 2.75) is 6.54 Å². The number of ether oxygens (including phenoxy) is 1. The zero-order chi connectivity index (χ0) is 10.2. The topological polar surface area (TPSA) is 54.4 Å². The largest absolute Gasteiger partial charge is 0.394 e. The summed E-state index contributed by atoms with van der Waals surface area (Å²) in [6.07, 6.45) is 1.64. The minimum Gasteiger partial charge on any atom is -0.394 e. The molecule has 0 aliphatic rings. The molecule has 1 aromatic rings. The molecule has 0 saturated heterocycles. The fraction of sp³-hybridized carbons (Fsp3) is 0.625. The summed E-state index contributed by atoms with van der Waals surface area (Å²) in [4.78, 5) is 4.09. The van der Waals surface area contributed by atoms with Gasteiger partial charge < -0.3 is 15.2 Å². The Kier molecular flexibility index (Phi) is 6.05. The maximum Gasteiger partial charge on any atom is 0.113 e. The highest BCUT2D eigenvalue weighted by Gasteiger charge is 1.98. The quantitative estimate of drug-likeness (QED) is 0.691. The number of hydrogen-bond donors (Lipinski definition) is 2. The lowest BCUT2D eigenvalue weighted by Crippen LogP contribution is -2.19. The Morgan fingerprint density at radius 3 is 3.07 bits per heavy atom. The molecule has 0 radical (unpaired) electrons. The summed E-state index contributed by atoms with van der Waals surface area (Å²) in [6.45, 7) is 2.52. The normalized spacial score (nSPS) is 10.7. The molecule has 80 valence electrons. The number of rotatable bonds is 7. The summed E-state index contributed by atoms with van der Waals surface area (Å²) >= 11 is 7.18. The van der Waals surface area contributed by atoms with Gasteiger partial charge in [-0.3, -0.25) is 0 Å². The maximum atomic E-state index is 8.44. The molecule has 6 heteroatoms. The Labute approximate surface area is 91.9 Å². The van der Waals surface area contributed by atoms with E-state index in [1.165, 1.54) is 11.3 Å². The van der Waals surface area contributed by atoms with Crippen molar-refractivity contribution in [3.05, 3.63) is 15.5 Å². The van der Waals surface area contributed by atoms with E-state index in [2.05, 4.69) is 10.3 Å². The van der Waals surface area contributed by atoms with Crippen LogP contribution in [0.3, 0.4) is 0 Å². The van der Waals surface area contributed by atoms with Crippen molar-refractivity contribution >= 4 is 22.9 Å². The second kappa shape index (κ2) is 7.14. The average Bonchev–Trinajstić information content (AvgIpc) is 2.58. The van der Waals surface area contributed by atoms with E-state index in [9.17, 15) is 0 Å². The van der Waals surface area contributed by atoms with Crippen molar-refractivity contribution < 1.29 is 9.84 Å². The van der Waals surface area contributed by atoms with Gasteiger partial charge in [-0.05, 0) is 0 Å². The summed E-state index contributed by atoms with van der Waals surface area (Å²) in [7, 11) is 0. The van der Waals surface area contributed by atoms with Crippen LogP contribution in [0.15, 0.2) is 6.20 Å². The minimum absolute atomic E-state index is 0.0715. The van der Waals surface area contributed by atoms with Gasteiger partial charge in [-0.2, -0.15) is 0 Å². The van der Waals surface area contributed by atoms with Crippen molar-refractivity contribution in [3.8, 4) is 0 Å². The Hall–Kier alpha value is -0.200. The Morgan fingerprint density at radius 1 is 1.57 bits per heavy atom. The van der Waals surface area contributed by atoms with E-state index >= 15 is 0 Å². The van der Waals surface area contributed by atoms with E-state index in [1.54, 1.807) is 6.20 Å². The lowest BCUT2D eigenvalue weighted by molar-refractivity contribution is 0.0938. The predicted molar refractivity (Wildman–Crippen MR) is 56.7 cm³/mol. The SMILES string of the molecule is OCCOCCNCc1ncc(Cl)s1. The molecule has 0 spiro atoms. The molecule has 0 aliphatic carbocycles. The summed E-state index contributed by atoms with van der Waals surface area (Å²) < 4.78 is 5.78. The fourth-order valence-corrected chi connectivity index (χ4v) is 1.80. The highest BCUT2D eigenvalue weighted by atomic mass is 35.5. The highest BCUT2D eigenvalue weighted by Crippen LogP contribution is 2.17. The number of hydrogen-bond acceptors (Lipinski definition) is 5. The zero-order valence-corrected chi connectivity index (χ0v) is 9.27. The minimum atomic E-state index is 0.0715. The molecule has 2 N–H and O–H groups in total. The molecule has 0 aliphatic heterocycles. The number of thiazole rings is 1. The third-order valence-electron chi connectivity index (χ3n) is 1.46. The molecule has 0 saturated carbocycles. The summed E-state index contributed by atoms with van der Waals surface area (Å²) in [6, 6.07) is 0. The van der Waals surface area contributed by atoms with Gasteiger partial charge in [-0.25, -0.2) is 4.98 Å². The molecule has 0 amide bonds. The van der Waals surface area contributed by atoms with Crippen LogP contribution in [0, 0.1) is 0 Å². The lowest BCUT2D eigenvalue weighted by atomic mass is 10.6. The van der Waals surface area contributed by atoms with Gasteiger partial charge in [0.05, 0.1) is 26.0 Å². The maximum absolute atomic E-state index is 8.44. The van der Waals surface area contributed by atoms with Crippen LogP contribution in [0.4, 0.5) is 0 Å². The van der Waals surface area contributed by atoms with Crippen LogP contribution < -0.4 is 5.32 Å². The van der Waals surface area contributed by atoms with Gasteiger partial charge in [0.2, 0.25) is 0 Å². The number of halogens is 1. The molecule has 0 bridgehead atoms. The third-order valence-corrected chi connectivity index (χ3v) is 2.58. The molecule has 1 rings (SSSR count). The Morgan fingerprint density at radius 2 is 2.43 bits per heavy atom. The van der Waals surface area contributed by atoms with Gasteiger partial charge in [0.25, 0.3) is 0 Å². The zero-order valence-electron chi connectivity index (χ0n) is 7.70. The Bertz CT molecular complexity index is 257. The van der Waals surface area contributed by atoms with Crippen LogP contribution in [0.5, 0.6) is 0 Å². The number of aromatic nitrogens is 1. The monoisotopic (exact) mass is 236 g/mol. The molecule has 1 heterocycles. The predicted octanol–water partition coefficient (Wildman–Crippen LogP) is 0.895. The molecule has 0 atom stereocenters. The first-order valence-corrected chi connectivity index (χ1v) is 5.52. The molecular formula is C8H13ClN2O2S. The molecular weight excluding hydrogens is 224 g/mol. The van der Waals surface area contributed by atoms with Crippen molar-refractivity contribution in [3.63, 3.8) is 0 Å². The lowest BCUT2D eigenvalue weighted by Gasteiger charge is -2.02. The first kappa shape index (κ1) is 11.9.